The number of ether oxygens (including phenoxy) is 2. The highest BCUT2D eigenvalue weighted by Crippen LogP contribution is 2.12. The van der Waals surface area contributed by atoms with Gasteiger partial charge in [0.2, 0.25) is 10.6 Å². The largest absolute Gasteiger partial charge is 0.379 e. The maximum absolute atomic E-state index is 13.3. The van der Waals surface area contributed by atoms with Gasteiger partial charge < -0.3 is 20.5 Å². The molecule has 4 heterocycles. The van der Waals surface area contributed by atoms with Crippen LogP contribution in [0.5, 0.6) is 0 Å². The molecule has 0 spiro atoms. The Bertz CT molecular complexity index is 877. The van der Waals surface area contributed by atoms with Crippen molar-refractivity contribution in [3.63, 3.8) is 0 Å². The second-order valence-corrected chi connectivity index (χ2v) is 8.27. The van der Waals surface area contributed by atoms with Crippen LogP contribution in [0.15, 0.2) is 12.4 Å². The molecule has 0 saturated carbocycles. The number of nitrogens with one attached hydrogen (secondary N) is 1. The van der Waals surface area contributed by atoms with E-state index < -0.39 is 11.6 Å². The molecule has 2 aromatic heterocycles. The Morgan fingerprint density at radius 1 is 0.811 bits per heavy atom. The van der Waals surface area contributed by atoms with Crippen molar-refractivity contribution in [3.05, 3.63) is 39.7 Å². The van der Waals surface area contributed by atoms with Gasteiger partial charge in [0.25, 0.3) is 0 Å². The van der Waals surface area contributed by atoms with E-state index in [1.54, 1.807) is 0 Å². The number of nitrogens with two attached hydrogens (primary N) is 1. The molecule has 3 N–H and O–H groups in total. The minimum Gasteiger partial charge on any atom is -0.379 e. The molecule has 0 aromatic carbocycles. The van der Waals surface area contributed by atoms with Gasteiger partial charge in [0.1, 0.15) is 0 Å². The summed E-state index contributed by atoms with van der Waals surface area (Å²) in [5.41, 5.74) is 5.38. The van der Waals surface area contributed by atoms with Crippen LogP contribution in [0.1, 0.15) is 14.9 Å². The van der Waals surface area contributed by atoms with Gasteiger partial charge >= 0.3 is 0 Å². The Hall–Kier alpha value is -1.51. The van der Waals surface area contributed by atoms with Crippen molar-refractivity contribution in [2.24, 2.45) is 5.73 Å². The van der Waals surface area contributed by atoms with Gasteiger partial charge in [-0.1, -0.05) is 26.5 Å². The Labute approximate surface area is 232 Å². The summed E-state index contributed by atoms with van der Waals surface area (Å²) in [6.45, 7) is 10.4. The molecule has 0 amide bonds. The smallest absolute Gasteiger partial charge is 0.224 e. The highest BCUT2D eigenvalue weighted by atomic mass is 35.5. The Morgan fingerprint density at radius 3 is 1.78 bits per heavy atom. The molecule has 0 bridgehead atoms. The van der Waals surface area contributed by atoms with Crippen LogP contribution < -0.4 is 11.1 Å². The lowest BCUT2D eigenvalue weighted by atomic mass is 10.4. The predicted molar refractivity (Wildman–Crippen MR) is 145 cm³/mol. The second-order valence-electron chi connectivity index (χ2n) is 7.24. The van der Waals surface area contributed by atoms with Crippen molar-refractivity contribution in [1.82, 2.24) is 29.7 Å². The number of hydrogen-bond donors (Lipinski definition) is 2. The third kappa shape index (κ3) is 14.9. The Balaban J connectivity index is 0.000000555. The lowest BCUT2D eigenvalue weighted by molar-refractivity contribution is 0.0394. The van der Waals surface area contributed by atoms with Crippen LogP contribution in [0.4, 0.5) is 14.6 Å². The Kier molecular flexibility index (Phi) is 19.6. The first-order chi connectivity index (χ1) is 16.9. The van der Waals surface area contributed by atoms with Gasteiger partial charge in [0, 0.05) is 52.4 Å². The van der Waals surface area contributed by atoms with Crippen molar-refractivity contribution < 1.29 is 18.3 Å². The van der Waals surface area contributed by atoms with Crippen LogP contribution >= 0.6 is 34.8 Å². The monoisotopic (exact) mass is 588 g/mol. The first-order valence-corrected chi connectivity index (χ1v) is 12.1. The third-order valence-electron chi connectivity index (χ3n) is 4.76. The minimum atomic E-state index is -0.666. The molecule has 37 heavy (non-hydrogen) atoms. The van der Waals surface area contributed by atoms with Crippen LogP contribution in [0.2, 0.25) is 15.7 Å². The zero-order chi connectivity index (χ0) is 25.5. The van der Waals surface area contributed by atoms with Crippen molar-refractivity contribution in [3.8, 4) is 0 Å². The lowest BCUT2D eigenvalue weighted by Crippen LogP contribution is -2.39. The average Bonchev–Trinajstić information content (AvgIpc) is 2.86. The summed E-state index contributed by atoms with van der Waals surface area (Å²) in [5, 5.41) is 2.64. The van der Waals surface area contributed by atoms with Gasteiger partial charge in [-0.3, -0.25) is 9.80 Å². The topological polar surface area (TPSA) is 115 Å². The molecule has 0 unspecified atom stereocenters. The van der Waals surface area contributed by atoms with Gasteiger partial charge in [0.15, 0.2) is 22.6 Å². The van der Waals surface area contributed by atoms with Gasteiger partial charge in [-0.25, -0.2) is 23.7 Å². The normalized spacial score (nSPS) is 15.6. The molecule has 2 aliphatic heterocycles. The zero-order valence-electron chi connectivity index (χ0n) is 19.1. The van der Waals surface area contributed by atoms with Crippen molar-refractivity contribution in [2.45, 2.75) is 14.9 Å². The van der Waals surface area contributed by atoms with Crippen LogP contribution in [0, 0.1) is 11.6 Å². The SMILES string of the molecule is C.C.Fc1cnc(Cl)nc1Cl.Fc1cnc(Cl)nc1NCCN1CCOCC1.NCCN1CCOCC1. The Morgan fingerprint density at radius 2 is 1.30 bits per heavy atom. The summed E-state index contributed by atoms with van der Waals surface area (Å²) >= 11 is 16.0. The number of aromatic nitrogens is 4. The van der Waals surface area contributed by atoms with Gasteiger partial charge in [0.05, 0.1) is 38.8 Å². The van der Waals surface area contributed by atoms with Crippen LogP contribution in [0.3, 0.4) is 0 Å². The summed E-state index contributed by atoms with van der Waals surface area (Å²) < 4.78 is 35.8. The fraction of sp³-hybridized carbons (Fsp3) is 0.636. The van der Waals surface area contributed by atoms with E-state index in [0.29, 0.717) is 6.54 Å². The van der Waals surface area contributed by atoms with Crippen LogP contribution in [0.25, 0.3) is 0 Å². The van der Waals surface area contributed by atoms with E-state index in [4.69, 9.17) is 50.0 Å². The molecule has 2 aliphatic rings. The van der Waals surface area contributed by atoms with E-state index in [1.165, 1.54) is 0 Å². The molecule has 212 valence electrons. The van der Waals surface area contributed by atoms with Crippen molar-refractivity contribution >= 4 is 40.6 Å². The number of nitrogens with zero attached hydrogens (tertiary/aromatic N) is 6. The number of hydrogen-bond acceptors (Lipinski definition) is 10. The predicted octanol–water partition coefficient (Wildman–Crippen LogP) is 3.49. The van der Waals surface area contributed by atoms with Crippen LogP contribution in [-0.2, 0) is 9.47 Å². The average molecular weight is 590 g/mol. The van der Waals surface area contributed by atoms with E-state index >= 15 is 0 Å². The molecule has 0 atom stereocenters. The summed E-state index contributed by atoms with van der Waals surface area (Å²) in [6.07, 6.45) is 1.98. The maximum atomic E-state index is 13.3. The minimum absolute atomic E-state index is 0. The van der Waals surface area contributed by atoms with E-state index in [0.717, 1.165) is 84.6 Å². The fourth-order valence-electron chi connectivity index (χ4n) is 2.96. The molecule has 2 aromatic rings. The molecule has 2 saturated heterocycles. The van der Waals surface area contributed by atoms with E-state index in [2.05, 4.69) is 35.1 Å². The quantitative estimate of drug-likeness (QED) is 0.383. The highest BCUT2D eigenvalue weighted by molar-refractivity contribution is 6.31. The van der Waals surface area contributed by atoms with E-state index in [9.17, 15) is 8.78 Å². The highest BCUT2D eigenvalue weighted by Gasteiger charge is 2.11. The number of morpholine rings is 2. The molecule has 2 fully saturated rings. The summed E-state index contributed by atoms with van der Waals surface area (Å²) in [7, 11) is 0. The summed E-state index contributed by atoms with van der Waals surface area (Å²) in [4.78, 5) is 18.6. The molecule has 4 rings (SSSR count). The second kappa shape index (κ2) is 20.5. The number of halogens is 5. The number of rotatable bonds is 6. The maximum Gasteiger partial charge on any atom is 0.224 e. The van der Waals surface area contributed by atoms with Crippen molar-refractivity contribution in [1.29, 1.82) is 0 Å². The number of anilines is 1. The molecule has 15 heteroatoms. The van der Waals surface area contributed by atoms with E-state index in [1.807, 2.05) is 0 Å². The standard InChI is InChI=1S/C10H14ClFN4O.C6H14N2O.C4HCl2FN2.2CH4/c11-10-14-7-8(12)9(15-10)13-1-2-16-3-5-17-6-4-16;7-1-2-8-3-5-9-6-4-8;5-3-2(7)1-8-4(6)9-3;;/h7H,1-6H2,(H,13,14,15);1-7H2;1H;2*1H4. The summed E-state index contributed by atoms with van der Waals surface area (Å²) in [5.74, 6) is -1.00. The molecule has 10 nitrogen and oxygen atoms in total. The van der Waals surface area contributed by atoms with E-state index in [-0.39, 0.29) is 36.4 Å². The van der Waals surface area contributed by atoms with Gasteiger partial charge in [-0.15, -0.1) is 0 Å². The third-order valence-corrected chi connectivity index (χ3v) is 5.39. The molecular weight excluding hydrogens is 553 g/mol. The molecule has 0 radical (unpaired) electrons. The van der Waals surface area contributed by atoms with Crippen LogP contribution in [-0.4, -0.2) is 109 Å². The first kappa shape index (κ1) is 35.5. The van der Waals surface area contributed by atoms with Crippen molar-refractivity contribution in [2.75, 3.05) is 84.1 Å². The first-order valence-electron chi connectivity index (χ1n) is 10.9. The molecule has 0 aliphatic carbocycles. The fourth-order valence-corrected chi connectivity index (χ4v) is 3.40. The lowest BCUT2D eigenvalue weighted by Gasteiger charge is -2.26. The molecular formula is C22H37Cl3F2N8O2. The van der Waals surface area contributed by atoms with Gasteiger partial charge in [-0.05, 0) is 23.2 Å². The summed E-state index contributed by atoms with van der Waals surface area (Å²) in [6, 6.07) is 0. The van der Waals surface area contributed by atoms with Gasteiger partial charge in [-0.2, -0.15) is 4.98 Å². The zero-order valence-corrected chi connectivity index (χ0v) is 21.4.